The molecule has 0 aromatic carbocycles. The molecule has 0 aliphatic heterocycles. The van der Waals surface area contributed by atoms with Crippen LogP contribution in [-0.2, 0) is 13.5 Å². The molecule has 3 rings (SSSR count). The lowest BCUT2D eigenvalue weighted by Gasteiger charge is -2.28. The van der Waals surface area contributed by atoms with Gasteiger partial charge in [0.1, 0.15) is 0 Å². The summed E-state index contributed by atoms with van der Waals surface area (Å²) in [5.74, 6) is 1.16. The molecule has 2 N–H and O–H groups in total. The lowest BCUT2D eigenvalue weighted by Crippen LogP contribution is -2.25. The van der Waals surface area contributed by atoms with E-state index in [-0.39, 0.29) is 6.04 Å². The quantitative estimate of drug-likeness (QED) is 0.938. The molecule has 1 aliphatic rings. The summed E-state index contributed by atoms with van der Waals surface area (Å²) in [5, 5.41) is 6.44. The Bertz CT molecular complexity index is 575. The predicted molar refractivity (Wildman–Crippen MR) is 76.7 cm³/mol. The molecule has 0 fully saturated rings. The molecule has 0 saturated carbocycles. The topological polar surface area (TPSA) is 53.1 Å². The average molecular weight is 277 g/mol. The second-order valence-corrected chi connectivity index (χ2v) is 6.05. The largest absolute Gasteiger partial charge is 0.493 e. The van der Waals surface area contributed by atoms with E-state index in [1.807, 2.05) is 23.1 Å². The minimum absolute atomic E-state index is 0.0592. The van der Waals surface area contributed by atoms with E-state index in [0.717, 1.165) is 17.9 Å². The first-order chi connectivity index (χ1) is 9.22. The van der Waals surface area contributed by atoms with Crippen molar-refractivity contribution < 1.29 is 4.74 Å². The molecule has 0 radical (unpaired) electrons. The summed E-state index contributed by atoms with van der Waals surface area (Å²) in [6, 6.07) is 2.17. The van der Waals surface area contributed by atoms with E-state index in [4.69, 9.17) is 10.5 Å². The maximum absolute atomic E-state index is 6.53. The van der Waals surface area contributed by atoms with Gasteiger partial charge in [0.15, 0.2) is 5.75 Å². The van der Waals surface area contributed by atoms with E-state index >= 15 is 0 Å². The molecular formula is C14H19N3OS. The molecular weight excluding hydrogens is 258 g/mol. The first kappa shape index (κ1) is 12.7. The van der Waals surface area contributed by atoms with Gasteiger partial charge in [-0.25, -0.2) is 0 Å². The van der Waals surface area contributed by atoms with Gasteiger partial charge in [0, 0.05) is 17.8 Å². The van der Waals surface area contributed by atoms with E-state index < -0.39 is 0 Å². The number of rotatable bonds is 3. The smallest absolute Gasteiger partial charge is 0.161 e. The summed E-state index contributed by atoms with van der Waals surface area (Å²) in [4.78, 5) is 1.49. The van der Waals surface area contributed by atoms with Crippen molar-refractivity contribution in [3.63, 3.8) is 0 Å². The fourth-order valence-electron chi connectivity index (χ4n) is 3.05. The van der Waals surface area contributed by atoms with Crippen molar-refractivity contribution in [3.05, 3.63) is 33.8 Å². The van der Waals surface area contributed by atoms with Crippen LogP contribution in [0.15, 0.2) is 17.6 Å². The van der Waals surface area contributed by atoms with Crippen molar-refractivity contribution in [1.29, 1.82) is 0 Å². The third-order valence-corrected chi connectivity index (χ3v) is 5.01. The van der Waals surface area contributed by atoms with Crippen LogP contribution < -0.4 is 10.5 Å². The molecule has 2 heterocycles. The van der Waals surface area contributed by atoms with Gasteiger partial charge in [-0.15, -0.1) is 11.3 Å². The molecule has 2 aromatic rings. The number of hydrogen-bond acceptors (Lipinski definition) is 4. The summed E-state index contributed by atoms with van der Waals surface area (Å²) in [6.07, 6.45) is 5.29. The van der Waals surface area contributed by atoms with Crippen LogP contribution in [0.2, 0.25) is 0 Å². The van der Waals surface area contributed by atoms with Crippen molar-refractivity contribution in [2.24, 2.45) is 12.8 Å². The van der Waals surface area contributed by atoms with Crippen LogP contribution in [0.4, 0.5) is 0 Å². The van der Waals surface area contributed by atoms with Gasteiger partial charge in [-0.1, -0.05) is 0 Å². The Hall–Kier alpha value is -1.33. The van der Waals surface area contributed by atoms with Gasteiger partial charge in [0.2, 0.25) is 0 Å². The highest BCUT2D eigenvalue weighted by Gasteiger charge is 2.30. The van der Waals surface area contributed by atoms with Crippen LogP contribution >= 0.6 is 11.3 Å². The average Bonchev–Trinajstić information content (AvgIpc) is 3.03. The zero-order valence-corrected chi connectivity index (χ0v) is 12.1. The molecule has 1 aliphatic carbocycles. The fourth-order valence-corrected chi connectivity index (χ4v) is 4.05. The minimum atomic E-state index is -0.0592. The summed E-state index contributed by atoms with van der Waals surface area (Å²) in [5.41, 5.74) is 8.94. The lowest BCUT2D eigenvalue weighted by molar-refractivity contribution is 0.389. The third kappa shape index (κ3) is 2.07. The SMILES string of the molecule is COc1cnn(C)c1C(N)C1CCCc2sccc21. The number of nitrogens with zero attached hydrogens (tertiary/aromatic N) is 2. The van der Waals surface area contributed by atoms with Crippen LogP contribution in [0.25, 0.3) is 0 Å². The number of methoxy groups -OCH3 is 1. The number of ether oxygens (including phenoxy) is 1. The van der Waals surface area contributed by atoms with Gasteiger partial charge in [-0.05, 0) is 36.3 Å². The first-order valence-corrected chi connectivity index (χ1v) is 7.48. The molecule has 0 amide bonds. The van der Waals surface area contributed by atoms with E-state index in [1.165, 1.54) is 23.3 Å². The van der Waals surface area contributed by atoms with Crippen molar-refractivity contribution in [1.82, 2.24) is 9.78 Å². The van der Waals surface area contributed by atoms with Crippen molar-refractivity contribution >= 4 is 11.3 Å². The molecule has 2 unspecified atom stereocenters. The number of hydrogen-bond donors (Lipinski definition) is 1. The standard InChI is InChI=1S/C14H19N3OS/c1-17-14(11(18-2)8-16-17)13(15)10-4-3-5-12-9(10)6-7-19-12/h6-8,10,13H,3-5,15H2,1-2H3. The van der Waals surface area contributed by atoms with Crippen LogP contribution in [-0.4, -0.2) is 16.9 Å². The normalized spacial score (nSPS) is 20.1. The number of thiophene rings is 1. The van der Waals surface area contributed by atoms with Crippen LogP contribution in [0, 0.1) is 0 Å². The van der Waals surface area contributed by atoms with Gasteiger partial charge in [-0.3, -0.25) is 4.68 Å². The van der Waals surface area contributed by atoms with Crippen LogP contribution in [0.3, 0.4) is 0 Å². The van der Waals surface area contributed by atoms with Crippen LogP contribution in [0.5, 0.6) is 5.75 Å². The van der Waals surface area contributed by atoms with Crippen molar-refractivity contribution in [2.45, 2.75) is 31.2 Å². The maximum Gasteiger partial charge on any atom is 0.161 e. The van der Waals surface area contributed by atoms with Crippen LogP contribution in [0.1, 0.15) is 40.9 Å². The number of aromatic nitrogens is 2. The maximum atomic E-state index is 6.53. The molecule has 2 atom stereocenters. The molecule has 5 heteroatoms. The molecule has 0 saturated heterocycles. The summed E-state index contributed by atoms with van der Waals surface area (Å²) in [6.45, 7) is 0. The minimum Gasteiger partial charge on any atom is -0.493 e. The highest BCUT2D eigenvalue weighted by Crippen LogP contribution is 2.42. The number of fused-ring (bicyclic) bond motifs is 1. The van der Waals surface area contributed by atoms with E-state index in [0.29, 0.717) is 5.92 Å². The molecule has 102 valence electrons. The van der Waals surface area contributed by atoms with E-state index in [9.17, 15) is 0 Å². The van der Waals surface area contributed by atoms with Crippen molar-refractivity contribution in [2.75, 3.05) is 7.11 Å². The Balaban J connectivity index is 1.97. The van der Waals surface area contributed by atoms with E-state index in [1.54, 1.807) is 13.3 Å². The first-order valence-electron chi connectivity index (χ1n) is 6.60. The number of nitrogens with two attached hydrogens (primary N) is 1. The van der Waals surface area contributed by atoms with Gasteiger partial charge < -0.3 is 10.5 Å². The van der Waals surface area contributed by atoms with Gasteiger partial charge in [0.25, 0.3) is 0 Å². The lowest BCUT2D eigenvalue weighted by atomic mass is 9.81. The fraction of sp³-hybridized carbons (Fsp3) is 0.500. The highest BCUT2D eigenvalue weighted by molar-refractivity contribution is 7.10. The monoisotopic (exact) mass is 277 g/mol. The summed E-state index contributed by atoms with van der Waals surface area (Å²) < 4.78 is 7.22. The Kier molecular flexibility index (Phi) is 3.33. The second-order valence-electron chi connectivity index (χ2n) is 5.05. The molecule has 0 bridgehead atoms. The highest BCUT2D eigenvalue weighted by atomic mass is 32.1. The zero-order valence-electron chi connectivity index (χ0n) is 11.3. The molecule has 2 aromatic heterocycles. The third-order valence-electron chi connectivity index (χ3n) is 4.02. The number of aryl methyl sites for hydroxylation is 2. The van der Waals surface area contributed by atoms with Gasteiger partial charge in [-0.2, -0.15) is 5.10 Å². The molecule has 4 nitrogen and oxygen atoms in total. The summed E-state index contributed by atoms with van der Waals surface area (Å²) >= 11 is 1.85. The Morgan fingerprint density at radius 3 is 3.21 bits per heavy atom. The summed E-state index contributed by atoms with van der Waals surface area (Å²) in [7, 11) is 3.60. The second kappa shape index (κ2) is 4.98. The molecule has 19 heavy (non-hydrogen) atoms. The van der Waals surface area contributed by atoms with Gasteiger partial charge in [0.05, 0.1) is 25.0 Å². The van der Waals surface area contributed by atoms with E-state index in [2.05, 4.69) is 16.5 Å². The zero-order chi connectivity index (χ0) is 13.4. The molecule has 0 spiro atoms. The Morgan fingerprint density at radius 2 is 2.42 bits per heavy atom. The Morgan fingerprint density at radius 1 is 1.58 bits per heavy atom. The Labute approximate surface area is 117 Å². The van der Waals surface area contributed by atoms with Gasteiger partial charge >= 0.3 is 0 Å². The predicted octanol–water partition coefficient (Wildman–Crippen LogP) is 2.61. The van der Waals surface area contributed by atoms with Crippen molar-refractivity contribution in [3.8, 4) is 5.75 Å².